The molecule has 2 aromatic carbocycles. The van der Waals surface area contributed by atoms with Crippen molar-refractivity contribution in [2.45, 2.75) is 20.3 Å². The number of hydrogen-bond acceptors (Lipinski definition) is 1. The molecule has 0 bridgehead atoms. The minimum Gasteiger partial charge on any atom is -0.293 e. The molecule has 0 saturated heterocycles. The molecule has 0 aromatic heterocycles. The van der Waals surface area contributed by atoms with Crippen molar-refractivity contribution in [3.63, 3.8) is 0 Å². The quantitative estimate of drug-likeness (QED) is 0.715. The van der Waals surface area contributed by atoms with Crippen LogP contribution in [0, 0.1) is 6.92 Å². The summed E-state index contributed by atoms with van der Waals surface area (Å²) in [7, 11) is 1.83. The molecule has 0 radical (unpaired) electrons. The van der Waals surface area contributed by atoms with Gasteiger partial charge in [-0.1, -0.05) is 48.5 Å². The Hall–Kier alpha value is -1.89. The van der Waals surface area contributed by atoms with Crippen molar-refractivity contribution in [1.29, 1.82) is 0 Å². The highest BCUT2D eigenvalue weighted by Crippen LogP contribution is 2.14. The monoisotopic (exact) mass is 237 g/mol. The van der Waals surface area contributed by atoms with E-state index in [9.17, 15) is 0 Å². The van der Waals surface area contributed by atoms with Gasteiger partial charge < -0.3 is 0 Å². The van der Waals surface area contributed by atoms with Crippen LogP contribution in [0.2, 0.25) is 0 Å². The maximum atomic E-state index is 4.20. The lowest BCUT2D eigenvalue weighted by atomic mass is 9.99. The molecule has 0 fully saturated rings. The number of nitrogens with zero attached hydrogens (tertiary/aromatic N) is 1. The van der Waals surface area contributed by atoms with Crippen molar-refractivity contribution >= 4 is 5.71 Å². The SMILES string of the molecule is C/N=C(\C)c1ccc(Cc2ccccc2C)cc1. The van der Waals surface area contributed by atoms with Crippen LogP contribution >= 0.6 is 0 Å². The molecule has 0 amide bonds. The first-order valence-corrected chi connectivity index (χ1v) is 6.28. The minimum absolute atomic E-state index is 0.995. The number of benzene rings is 2. The van der Waals surface area contributed by atoms with Gasteiger partial charge in [0.05, 0.1) is 0 Å². The number of hydrogen-bond donors (Lipinski definition) is 0. The van der Waals surface area contributed by atoms with Gasteiger partial charge in [0.1, 0.15) is 0 Å². The van der Waals surface area contributed by atoms with E-state index in [1.165, 1.54) is 22.3 Å². The van der Waals surface area contributed by atoms with Gasteiger partial charge in [-0.25, -0.2) is 0 Å². The van der Waals surface area contributed by atoms with Gasteiger partial charge in [0, 0.05) is 12.8 Å². The highest BCUT2D eigenvalue weighted by atomic mass is 14.7. The molecule has 92 valence electrons. The number of aliphatic imine (C=N–C) groups is 1. The molecule has 0 heterocycles. The van der Waals surface area contributed by atoms with Crippen molar-refractivity contribution in [1.82, 2.24) is 0 Å². The molecule has 0 saturated carbocycles. The fourth-order valence-electron chi connectivity index (χ4n) is 2.02. The summed E-state index contributed by atoms with van der Waals surface area (Å²) in [5.41, 5.74) is 6.37. The molecule has 2 rings (SSSR count). The second kappa shape index (κ2) is 5.63. The summed E-state index contributed by atoms with van der Waals surface area (Å²) in [6.45, 7) is 4.20. The van der Waals surface area contributed by atoms with E-state index in [1.54, 1.807) is 0 Å². The molecule has 0 spiro atoms. The second-order valence-corrected chi connectivity index (χ2v) is 4.61. The van der Waals surface area contributed by atoms with Gasteiger partial charge in [0.25, 0.3) is 0 Å². The topological polar surface area (TPSA) is 12.4 Å². The molecule has 0 aliphatic heterocycles. The van der Waals surface area contributed by atoms with Crippen molar-refractivity contribution in [2.24, 2.45) is 4.99 Å². The van der Waals surface area contributed by atoms with Crippen molar-refractivity contribution in [3.05, 3.63) is 70.8 Å². The molecule has 0 aliphatic rings. The Morgan fingerprint density at radius 1 is 1.00 bits per heavy atom. The van der Waals surface area contributed by atoms with Crippen molar-refractivity contribution in [3.8, 4) is 0 Å². The molecule has 0 aliphatic carbocycles. The highest BCUT2D eigenvalue weighted by Gasteiger charge is 2.01. The molecule has 2 aromatic rings. The molecule has 1 heteroatoms. The summed E-state index contributed by atoms with van der Waals surface area (Å²) in [5.74, 6) is 0. The van der Waals surface area contributed by atoms with Crippen LogP contribution in [0.15, 0.2) is 53.5 Å². The van der Waals surface area contributed by atoms with Crippen LogP contribution in [0.1, 0.15) is 29.2 Å². The third-order valence-corrected chi connectivity index (χ3v) is 3.36. The zero-order valence-electron chi connectivity index (χ0n) is 11.3. The average Bonchev–Trinajstić information content (AvgIpc) is 2.41. The molecule has 1 nitrogen and oxygen atoms in total. The average molecular weight is 237 g/mol. The van der Waals surface area contributed by atoms with Crippen LogP contribution in [0.3, 0.4) is 0 Å². The van der Waals surface area contributed by atoms with E-state index in [0.29, 0.717) is 0 Å². The number of aryl methyl sites for hydroxylation is 1. The Morgan fingerprint density at radius 2 is 1.67 bits per heavy atom. The Bertz CT molecular complexity index is 550. The zero-order valence-corrected chi connectivity index (χ0v) is 11.3. The van der Waals surface area contributed by atoms with E-state index in [1.807, 2.05) is 14.0 Å². The van der Waals surface area contributed by atoms with E-state index in [0.717, 1.165) is 12.1 Å². The summed E-state index contributed by atoms with van der Waals surface area (Å²) >= 11 is 0. The Morgan fingerprint density at radius 3 is 2.28 bits per heavy atom. The predicted molar refractivity (Wildman–Crippen MR) is 78.6 cm³/mol. The lowest BCUT2D eigenvalue weighted by molar-refractivity contribution is 1.15. The molecule has 0 N–H and O–H groups in total. The van der Waals surface area contributed by atoms with E-state index in [4.69, 9.17) is 0 Å². The van der Waals surface area contributed by atoms with E-state index < -0.39 is 0 Å². The first kappa shape index (κ1) is 12.6. The summed E-state index contributed by atoms with van der Waals surface area (Å²) in [6.07, 6.45) is 0.995. The third-order valence-electron chi connectivity index (χ3n) is 3.36. The van der Waals surface area contributed by atoms with Gasteiger partial charge in [-0.05, 0) is 42.5 Å². The molecule has 0 unspecified atom stereocenters. The lowest BCUT2D eigenvalue weighted by Crippen LogP contribution is -1.96. The van der Waals surface area contributed by atoms with Crippen LogP contribution < -0.4 is 0 Å². The molecular weight excluding hydrogens is 218 g/mol. The first-order chi connectivity index (χ1) is 8.70. The largest absolute Gasteiger partial charge is 0.293 e. The first-order valence-electron chi connectivity index (χ1n) is 6.28. The van der Waals surface area contributed by atoms with Gasteiger partial charge >= 0.3 is 0 Å². The standard InChI is InChI=1S/C17H19N/c1-13-6-4-5-7-17(13)12-15-8-10-16(11-9-15)14(2)18-3/h4-11H,12H2,1-3H3/b18-14+. The van der Waals surface area contributed by atoms with Crippen LogP contribution in [0.25, 0.3) is 0 Å². The normalized spacial score (nSPS) is 11.6. The maximum Gasteiger partial charge on any atom is 0.0386 e. The van der Waals surface area contributed by atoms with Gasteiger partial charge in [-0.2, -0.15) is 0 Å². The third kappa shape index (κ3) is 2.86. The van der Waals surface area contributed by atoms with Gasteiger partial charge in [-0.3, -0.25) is 4.99 Å². The van der Waals surface area contributed by atoms with Crippen molar-refractivity contribution < 1.29 is 0 Å². The van der Waals surface area contributed by atoms with E-state index >= 15 is 0 Å². The van der Waals surface area contributed by atoms with Crippen LogP contribution in [0.5, 0.6) is 0 Å². The molecule has 0 atom stereocenters. The van der Waals surface area contributed by atoms with Crippen molar-refractivity contribution in [2.75, 3.05) is 7.05 Å². The second-order valence-electron chi connectivity index (χ2n) is 4.61. The van der Waals surface area contributed by atoms with Gasteiger partial charge in [-0.15, -0.1) is 0 Å². The number of rotatable bonds is 3. The Labute approximate surface area is 109 Å². The lowest BCUT2D eigenvalue weighted by Gasteiger charge is -2.06. The van der Waals surface area contributed by atoms with E-state index in [2.05, 4.69) is 60.4 Å². The Balaban J connectivity index is 2.19. The summed E-state index contributed by atoms with van der Waals surface area (Å²) in [4.78, 5) is 4.20. The summed E-state index contributed by atoms with van der Waals surface area (Å²) in [6, 6.07) is 17.2. The Kier molecular flexibility index (Phi) is 3.93. The zero-order chi connectivity index (χ0) is 13.0. The smallest absolute Gasteiger partial charge is 0.0386 e. The van der Waals surface area contributed by atoms with Gasteiger partial charge in [0.2, 0.25) is 0 Å². The maximum absolute atomic E-state index is 4.20. The van der Waals surface area contributed by atoms with Crippen LogP contribution in [-0.4, -0.2) is 12.8 Å². The molecule has 18 heavy (non-hydrogen) atoms. The summed E-state index contributed by atoms with van der Waals surface area (Å²) in [5, 5.41) is 0. The van der Waals surface area contributed by atoms with Crippen LogP contribution in [0.4, 0.5) is 0 Å². The van der Waals surface area contributed by atoms with Gasteiger partial charge in [0.15, 0.2) is 0 Å². The summed E-state index contributed by atoms with van der Waals surface area (Å²) < 4.78 is 0. The van der Waals surface area contributed by atoms with E-state index in [-0.39, 0.29) is 0 Å². The highest BCUT2D eigenvalue weighted by molar-refractivity contribution is 5.98. The van der Waals surface area contributed by atoms with Crippen LogP contribution in [-0.2, 0) is 6.42 Å². The fraction of sp³-hybridized carbons (Fsp3) is 0.235. The molecular formula is C17H19N. The predicted octanol–water partition coefficient (Wildman–Crippen LogP) is 4.02. The fourth-order valence-corrected chi connectivity index (χ4v) is 2.02. The minimum atomic E-state index is 0.995.